The maximum atomic E-state index is 5.85. The monoisotopic (exact) mass is 166 g/mol. The molecule has 0 nitrogen and oxygen atoms in total. The van der Waals surface area contributed by atoms with Crippen LogP contribution in [0.3, 0.4) is 0 Å². The van der Waals surface area contributed by atoms with Crippen molar-refractivity contribution in [1.29, 1.82) is 0 Å². The van der Waals surface area contributed by atoms with E-state index in [1.54, 1.807) is 0 Å². The third-order valence-corrected chi connectivity index (χ3v) is 4.25. The number of rotatable bonds is 5. The highest BCUT2D eigenvalue weighted by Crippen LogP contribution is 2.48. The van der Waals surface area contributed by atoms with Crippen LogP contribution in [0.25, 0.3) is 0 Å². The highest BCUT2D eigenvalue weighted by atomic mass is 14.4. The van der Waals surface area contributed by atoms with E-state index in [0.717, 1.165) is 6.32 Å². The summed E-state index contributed by atoms with van der Waals surface area (Å²) < 4.78 is 0. The van der Waals surface area contributed by atoms with E-state index in [1.165, 1.54) is 19.3 Å². The van der Waals surface area contributed by atoms with Crippen molar-refractivity contribution in [3.63, 3.8) is 0 Å². The molecule has 1 unspecified atom stereocenters. The van der Waals surface area contributed by atoms with E-state index in [4.69, 9.17) is 7.85 Å². The van der Waals surface area contributed by atoms with Crippen LogP contribution in [0.4, 0.5) is 0 Å². The van der Waals surface area contributed by atoms with Crippen LogP contribution in [0.1, 0.15) is 53.9 Å². The molecule has 70 valence electrons. The molecule has 0 aromatic rings. The Bertz CT molecular complexity index is 105. The molecule has 0 bridgehead atoms. The van der Waals surface area contributed by atoms with Crippen LogP contribution in [0.5, 0.6) is 0 Å². The molecule has 0 aliphatic heterocycles. The first kappa shape index (κ1) is 12.1. The topological polar surface area (TPSA) is 0 Å². The summed E-state index contributed by atoms with van der Waals surface area (Å²) in [4.78, 5) is 0. The molecule has 0 amide bonds. The fourth-order valence-electron chi connectivity index (χ4n) is 1.92. The average molecular weight is 166 g/mol. The Labute approximate surface area is 79.5 Å². The van der Waals surface area contributed by atoms with Crippen LogP contribution < -0.4 is 0 Å². The molecule has 0 rings (SSSR count). The highest BCUT2D eigenvalue weighted by Gasteiger charge is 2.38. The molecule has 1 atom stereocenters. The van der Waals surface area contributed by atoms with Gasteiger partial charge in [0.2, 0.25) is 0 Å². The third kappa shape index (κ3) is 1.86. The van der Waals surface area contributed by atoms with E-state index >= 15 is 0 Å². The van der Waals surface area contributed by atoms with E-state index in [2.05, 4.69) is 34.6 Å². The lowest BCUT2D eigenvalue weighted by Crippen LogP contribution is -2.35. The molecular weight excluding hydrogens is 143 g/mol. The van der Waals surface area contributed by atoms with Gasteiger partial charge < -0.3 is 0 Å². The fraction of sp³-hybridized carbons (Fsp3) is 1.00. The molecule has 0 saturated carbocycles. The Morgan fingerprint density at radius 1 is 0.833 bits per heavy atom. The first-order valence-electron chi connectivity index (χ1n) is 5.19. The largest absolute Gasteiger partial charge is 0.0829 e. The quantitative estimate of drug-likeness (QED) is 0.544. The zero-order valence-electron chi connectivity index (χ0n) is 9.41. The zero-order valence-corrected chi connectivity index (χ0v) is 9.41. The molecule has 0 heterocycles. The second-order valence-electron chi connectivity index (χ2n) is 4.39. The summed E-state index contributed by atoms with van der Waals surface area (Å²) in [5.74, 6) is 0. The molecule has 0 spiro atoms. The summed E-state index contributed by atoms with van der Waals surface area (Å²) >= 11 is 0. The first-order chi connectivity index (χ1) is 5.49. The second-order valence-corrected chi connectivity index (χ2v) is 4.39. The summed E-state index contributed by atoms with van der Waals surface area (Å²) in [6.45, 7) is 11.5. The van der Waals surface area contributed by atoms with Gasteiger partial charge in [-0.2, -0.15) is 0 Å². The molecule has 12 heavy (non-hydrogen) atoms. The third-order valence-electron chi connectivity index (χ3n) is 4.25. The van der Waals surface area contributed by atoms with Gasteiger partial charge in [-0.25, -0.2) is 0 Å². The van der Waals surface area contributed by atoms with Gasteiger partial charge in [-0.15, -0.1) is 0 Å². The molecule has 0 saturated heterocycles. The van der Waals surface area contributed by atoms with Crippen molar-refractivity contribution in [2.24, 2.45) is 10.8 Å². The van der Waals surface area contributed by atoms with Gasteiger partial charge in [0.15, 0.2) is 0 Å². The maximum absolute atomic E-state index is 5.85. The number of hydrogen-bond donors (Lipinski definition) is 0. The van der Waals surface area contributed by atoms with Crippen molar-refractivity contribution >= 4 is 7.85 Å². The van der Waals surface area contributed by atoms with Crippen molar-refractivity contribution in [2.45, 2.75) is 60.2 Å². The van der Waals surface area contributed by atoms with Gasteiger partial charge in [-0.1, -0.05) is 60.2 Å². The van der Waals surface area contributed by atoms with Gasteiger partial charge in [0.05, 0.1) is 7.85 Å². The lowest BCUT2D eigenvalue weighted by molar-refractivity contribution is 0.0743. The molecule has 0 aromatic carbocycles. The number of hydrogen-bond acceptors (Lipinski definition) is 0. The van der Waals surface area contributed by atoms with Crippen molar-refractivity contribution in [2.75, 3.05) is 0 Å². The van der Waals surface area contributed by atoms with E-state index in [0.29, 0.717) is 10.8 Å². The SMILES string of the molecule is [B]CC(C)(CC)C(C)(CC)CC. The van der Waals surface area contributed by atoms with Crippen LogP contribution in [0.15, 0.2) is 0 Å². The average Bonchev–Trinajstić information content (AvgIpc) is 2.15. The first-order valence-corrected chi connectivity index (χ1v) is 5.19. The predicted octanol–water partition coefficient (Wildman–Crippen LogP) is 3.82. The summed E-state index contributed by atoms with van der Waals surface area (Å²) in [5.41, 5.74) is 0.729. The Morgan fingerprint density at radius 3 is 1.25 bits per heavy atom. The van der Waals surface area contributed by atoms with Gasteiger partial charge in [0.25, 0.3) is 0 Å². The van der Waals surface area contributed by atoms with Crippen LogP contribution >= 0.6 is 0 Å². The Morgan fingerprint density at radius 2 is 1.17 bits per heavy atom. The van der Waals surface area contributed by atoms with E-state index in [-0.39, 0.29) is 0 Å². The lowest BCUT2D eigenvalue weighted by Gasteiger charge is -2.46. The predicted molar refractivity (Wildman–Crippen MR) is 57.6 cm³/mol. The minimum atomic E-state index is 0.316. The van der Waals surface area contributed by atoms with Crippen LogP contribution in [0.2, 0.25) is 6.32 Å². The lowest BCUT2D eigenvalue weighted by atomic mass is 9.56. The Hall–Kier alpha value is 0.0649. The van der Waals surface area contributed by atoms with Gasteiger partial charge in [-0.05, 0) is 10.8 Å². The van der Waals surface area contributed by atoms with Crippen molar-refractivity contribution < 1.29 is 0 Å². The zero-order chi connectivity index (χ0) is 9.83. The fourth-order valence-corrected chi connectivity index (χ4v) is 1.92. The minimum Gasteiger partial charge on any atom is -0.0829 e. The van der Waals surface area contributed by atoms with Crippen molar-refractivity contribution in [3.8, 4) is 0 Å². The van der Waals surface area contributed by atoms with Gasteiger partial charge >= 0.3 is 0 Å². The van der Waals surface area contributed by atoms with Crippen molar-refractivity contribution in [1.82, 2.24) is 0 Å². The summed E-state index contributed by atoms with van der Waals surface area (Å²) in [7, 11) is 5.85. The molecule has 0 aliphatic carbocycles. The standard InChI is InChI=1S/C11H23B/c1-6-10(4,7-2)11(5,8-3)9-12/h6-9H2,1-5H3. The summed E-state index contributed by atoms with van der Waals surface area (Å²) in [5, 5.41) is 0. The van der Waals surface area contributed by atoms with E-state index in [9.17, 15) is 0 Å². The van der Waals surface area contributed by atoms with Crippen LogP contribution in [-0.2, 0) is 0 Å². The summed E-state index contributed by atoms with van der Waals surface area (Å²) in [6, 6.07) is 0. The molecule has 0 aromatic heterocycles. The molecule has 0 N–H and O–H groups in total. The van der Waals surface area contributed by atoms with Crippen LogP contribution in [0, 0.1) is 10.8 Å². The van der Waals surface area contributed by atoms with Crippen LogP contribution in [-0.4, -0.2) is 7.85 Å². The summed E-state index contributed by atoms with van der Waals surface area (Å²) in [6.07, 6.45) is 4.44. The van der Waals surface area contributed by atoms with Gasteiger partial charge in [0, 0.05) is 0 Å². The normalized spacial score (nSPS) is 17.4. The molecular formula is C11H23B. The Kier molecular flexibility index (Phi) is 4.37. The molecule has 2 radical (unpaired) electrons. The van der Waals surface area contributed by atoms with Gasteiger partial charge in [0.1, 0.15) is 0 Å². The van der Waals surface area contributed by atoms with Gasteiger partial charge in [-0.3, -0.25) is 0 Å². The van der Waals surface area contributed by atoms with E-state index < -0.39 is 0 Å². The second kappa shape index (κ2) is 4.34. The van der Waals surface area contributed by atoms with E-state index in [1.807, 2.05) is 0 Å². The minimum absolute atomic E-state index is 0.316. The Balaban J connectivity index is 4.66. The van der Waals surface area contributed by atoms with Crippen molar-refractivity contribution in [3.05, 3.63) is 0 Å². The molecule has 0 fully saturated rings. The smallest absolute Gasteiger partial charge is 0.0660 e. The maximum Gasteiger partial charge on any atom is 0.0660 e. The molecule has 0 aliphatic rings. The molecule has 1 heteroatoms. The highest BCUT2D eigenvalue weighted by molar-refractivity contribution is 6.09.